The molecule has 0 aliphatic carbocycles. The van der Waals surface area contributed by atoms with E-state index in [1.807, 2.05) is 0 Å². The number of ether oxygens (including phenoxy) is 3. The number of rotatable bonds is 8. The van der Waals surface area contributed by atoms with E-state index in [1.54, 1.807) is 25.7 Å². The van der Waals surface area contributed by atoms with Crippen molar-refractivity contribution in [3.63, 3.8) is 0 Å². The number of carbonyl (C=O) groups excluding carboxylic acids is 2. The van der Waals surface area contributed by atoms with Gasteiger partial charge in [-0.05, 0) is 57.7 Å². The predicted octanol–water partition coefficient (Wildman–Crippen LogP) is 4.67. The number of alkyl halides is 4. The van der Waals surface area contributed by atoms with Crippen molar-refractivity contribution in [2.75, 3.05) is 19.6 Å². The smallest absolute Gasteiger partial charge is 0.407 e. The number of piperidine rings is 1. The van der Waals surface area contributed by atoms with Crippen molar-refractivity contribution >= 4 is 18.1 Å². The fourth-order valence-corrected chi connectivity index (χ4v) is 3.19. The van der Waals surface area contributed by atoms with Gasteiger partial charge in [0.05, 0.1) is 0 Å². The molecule has 2 rings (SSSR count). The summed E-state index contributed by atoms with van der Waals surface area (Å²) in [6, 6.07) is 3.32. The summed E-state index contributed by atoms with van der Waals surface area (Å²) < 4.78 is 63.8. The minimum atomic E-state index is -3.18. The van der Waals surface area contributed by atoms with Crippen LogP contribution in [0.2, 0.25) is 0 Å². The normalized spacial score (nSPS) is 15.2. The highest BCUT2D eigenvalue weighted by molar-refractivity contribution is 5.92. The Labute approximate surface area is 189 Å². The molecule has 1 aliphatic heterocycles. The molecule has 1 aromatic carbocycles. The number of likely N-dealkylation sites (tertiary alicyclic amines) is 1. The molecule has 0 saturated carbocycles. The van der Waals surface area contributed by atoms with Crippen LogP contribution in [0.4, 0.5) is 22.4 Å². The summed E-state index contributed by atoms with van der Waals surface area (Å²) in [5.41, 5.74) is -0.468. The topological polar surface area (TPSA) is 77.1 Å². The third-order valence-corrected chi connectivity index (χ3v) is 4.69. The van der Waals surface area contributed by atoms with E-state index in [0.717, 1.165) is 12.1 Å². The number of amides is 2. The van der Waals surface area contributed by atoms with Gasteiger partial charge in [0.2, 0.25) is 5.91 Å². The van der Waals surface area contributed by atoms with E-state index in [0.29, 0.717) is 32.5 Å². The van der Waals surface area contributed by atoms with Gasteiger partial charge in [-0.1, -0.05) is 0 Å². The van der Waals surface area contributed by atoms with Crippen molar-refractivity contribution in [1.29, 1.82) is 0 Å². The van der Waals surface area contributed by atoms with E-state index in [-0.39, 0.29) is 28.9 Å². The van der Waals surface area contributed by atoms with E-state index in [9.17, 15) is 27.2 Å². The zero-order chi connectivity index (χ0) is 24.6. The molecule has 0 bridgehead atoms. The Bertz CT molecular complexity index is 835. The minimum Gasteiger partial charge on any atom is -0.444 e. The van der Waals surface area contributed by atoms with E-state index in [1.165, 1.54) is 18.2 Å². The van der Waals surface area contributed by atoms with E-state index in [4.69, 9.17) is 4.74 Å². The Morgan fingerprint density at radius 3 is 2.33 bits per heavy atom. The Kier molecular flexibility index (Phi) is 9.36. The monoisotopic (exact) mass is 476 g/mol. The molecule has 1 saturated heterocycles. The minimum absolute atomic E-state index is 0.113. The number of nitrogens with zero attached hydrogens (tertiary/aromatic N) is 1. The number of hydrogen-bond donors (Lipinski definition) is 1. The molecular formula is C22H28F4N2O5. The largest absolute Gasteiger partial charge is 0.444 e. The molecule has 2 amide bonds. The summed E-state index contributed by atoms with van der Waals surface area (Å²) in [6.45, 7) is 0.401. The van der Waals surface area contributed by atoms with Crippen LogP contribution in [0.3, 0.4) is 0 Å². The van der Waals surface area contributed by atoms with Crippen LogP contribution in [0.1, 0.15) is 39.2 Å². The zero-order valence-corrected chi connectivity index (χ0v) is 18.7. The Morgan fingerprint density at radius 2 is 1.76 bits per heavy atom. The third kappa shape index (κ3) is 9.58. The molecule has 7 nitrogen and oxygen atoms in total. The van der Waals surface area contributed by atoms with Gasteiger partial charge in [0.15, 0.2) is 0 Å². The van der Waals surface area contributed by atoms with Crippen LogP contribution in [-0.2, 0) is 9.53 Å². The number of carbonyl (C=O) groups is 2. The van der Waals surface area contributed by atoms with Crippen LogP contribution in [0.15, 0.2) is 24.3 Å². The van der Waals surface area contributed by atoms with E-state index < -0.39 is 24.9 Å². The molecule has 0 aromatic heterocycles. The first-order chi connectivity index (χ1) is 15.4. The standard InChI is InChI=1S/C22H28F4N2O5/c1-22(2,3)33-21(30)27-13-14-8-10-28(11-9-14)18(29)7-5-15-4-6-16(31-19(23)24)12-17(15)32-20(25)26/h4-7,12,14,19-20H,8-11,13H2,1-3H3,(H,27,30)/b7-5+. The molecule has 1 aromatic rings. The Hall–Kier alpha value is -2.98. The third-order valence-electron chi connectivity index (χ3n) is 4.69. The molecule has 11 heteroatoms. The molecule has 1 aliphatic rings. The number of alkyl carbamates (subject to hydrolysis) is 1. The molecule has 0 atom stereocenters. The lowest BCUT2D eigenvalue weighted by Gasteiger charge is -2.31. The second-order valence-electron chi connectivity index (χ2n) is 8.44. The molecule has 0 spiro atoms. The average Bonchev–Trinajstić information content (AvgIpc) is 2.70. The van der Waals surface area contributed by atoms with Crippen molar-refractivity contribution < 1.29 is 41.4 Å². The fourth-order valence-electron chi connectivity index (χ4n) is 3.19. The van der Waals surface area contributed by atoms with Gasteiger partial charge in [0.25, 0.3) is 0 Å². The molecule has 1 fully saturated rings. The first-order valence-electron chi connectivity index (χ1n) is 10.4. The van der Waals surface area contributed by atoms with Gasteiger partial charge in [0, 0.05) is 37.3 Å². The second-order valence-corrected chi connectivity index (χ2v) is 8.44. The highest BCUT2D eigenvalue weighted by atomic mass is 19.3. The predicted molar refractivity (Wildman–Crippen MR) is 112 cm³/mol. The molecular weight excluding hydrogens is 448 g/mol. The summed E-state index contributed by atoms with van der Waals surface area (Å²) >= 11 is 0. The van der Waals surface area contributed by atoms with E-state index >= 15 is 0 Å². The van der Waals surface area contributed by atoms with Gasteiger partial charge < -0.3 is 24.4 Å². The summed E-state index contributed by atoms with van der Waals surface area (Å²) in [5.74, 6) is -0.867. The SMILES string of the molecule is CC(C)(C)OC(=O)NCC1CCN(C(=O)/C=C/c2ccc(OC(F)F)cc2OC(F)F)CC1. The van der Waals surface area contributed by atoms with Crippen LogP contribution in [0, 0.1) is 5.92 Å². The van der Waals surface area contributed by atoms with Gasteiger partial charge in [0.1, 0.15) is 17.1 Å². The summed E-state index contributed by atoms with van der Waals surface area (Å²) in [7, 11) is 0. The van der Waals surface area contributed by atoms with Crippen LogP contribution in [0.25, 0.3) is 6.08 Å². The fraction of sp³-hybridized carbons (Fsp3) is 0.545. The molecule has 0 radical (unpaired) electrons. The van der Waals surface area contributed by atoms with Crippen LogP contribution in [0.5, 0.6) is 11.5 Å². The van der Waals surface area contributed by atoms with Crippen molar-refractivity contribution in [2.45, 2.75) is 52.4 Å². The van der Waals surface area contributed by atoms with E-state index in [2.05, 4.69) is 14.8 Å². The highest BCUT2D eigenvalue weighted by Crippen LogP contribution is 2.28. The van der Waals surface area contributed by atoms with Crippen LogP contribution in [-0.4, -0.2) is 55.4 Å². The quantitative estimate of drug-likeness (QED) is 0.436. The first-order valence-corrected chi connectivity index (χ1v) is 10.4. The maximum atomic E-state index is 12.7. The van der Waals surface area contributed by atoms with Gasteiger partial charge in [-0.25, -0.2) is 4.79 Å². The summed E-state index contributed by atoms with van der Waals surface area (Å²) in [6.07, 6.45) is 3.35. The lowest BCUT2D eigenvalue weighted by molar-refractivity contribution is -0.127. The van der Waals surface area contributed by atoms with Crippen LogP contribution >= 0.6 is 0 Å². The van der Waals surface area contributed by atoms with Gasteiger partial charge in [-0.2, -0.15) is 17.6 Å². The number of hydrogen-bond acceptors (Lipinski definition) is 5. The maximum Gasteiger partial charge on any atom is 0.407 e. The van der Waals surface area contributed by atoms with Gasteiger partial charge >= 0.3 is 19.3 Å². The molecule has 184 valence electrons. The van der Waals surface area contributed by atoms with Crippen LogP contribution < -0.4 is 14.8 Å². The molecule has 1 N–H and O–H groups in total. The highest BCUT2D eigenvalue weighted by Gasteiger charge is 2.23. The number of nitrogens with one attached hydrogen (secondary N) is 1. The Morgan fingerprint density at radius 1 is 1.12 bits per heavy atom. The van der Waals surface area contributed by atoms with Gasteiger partial charge in [-0.3, -0.25) is 4.79 Å². The van der Waals surface area contributed by atoms with Crippen molar-refractivity contribution in [3.8, 4) is 11.5 Å². The molecule has 0 unspecified atom stereocenters. The first kappa shape index (κ1) is 26.3. The summed E-state index contributed by atoms with van der Waals surface area (Å²) in [4.78, 5) is 25.8. The number of halogens is 4. The molecule has 33 heavy (non-hydrogen) atoms. The van der Waals surface area contributed by atoms with Crippen molar-refractivity contribution in [3.05, 3.63) is 29.8 Å². The van der Waals surface area contributed by atoms with Crippen molar-refractivity contribution in [1.82, 2.24) is 10.2 Å². The lowest BCUT2D eigenvalue weighted by Crippen LogP contribution is -2.41. The molecule has 1 heterocycles. The summed E-state index contributed by atoms with van der Waals surface area (Å²) in [5, 5.41) is 2.73. The Balaban J connectivity index is 1.90. The lowest BCUT2D eigenvalue weighted by atomic mass is 9.97. The zero-order valence-electron chi connectivity index (χ0n) is 18.7. The van der Waals surface area contributed by atoms with Gasteiger partial charge in [-0.15, -0.1) is 0 Å². The second kappa shape index (κ2) is 11.8. The number of benzene rings is 1. The average molecular weight is 476 g/mol. The maximum absolute atomic E-state index is 12.7. The van der Waals surface area contributed by atoms with Crippen molar-refractivity contribution in [2.24, 2.45) is 5.92 Å².